The average molecular weight is 374 g/mol. The Labute approximate surface area is 159 Å². The number of nitriles is 1. The minimum Gasteiger partial charge on any atom is -0.445 e. The Kier molecular flexibility index (Phi) is 8.04. The van der Waals surface area contributed by atoms with Crippen LogP contribution in [0.1, 0.15) is 18.4 Å². The molecule has 0 spiro atoms. The molecule has 1 aliphatic heterocycles. The number of piperazine rings is 1. The van der Waals surface area contributed by atoms with Crippen molar-refractivity contribution in [1.82, 2.24) is 15.1 Å². The fourth-order valence-corrected chi connectivity index (χ4v) is 2.96. The fourth-order valence-electron chi connectivity index (χ4n) is 2.96. The van der Waals surface area contributed by atoms with Gasteiger partial charge in [0.25, 0.3) is 0 Å². The summed E-state index contributed by atoms with van der Waals surface area (Å²) in [5.41, 5.74) is 0.870. The van der Waals surface area contributed by atoms with Gasteiger partial charge >= 0.3 is 6.09 Å². The molecule has 0 radical (unpaired) electrons. The van der Waals surface area contributed by atoms with E-state index in [1.54, 1.807) is 7.05 Å². The highest BCUT2D eigenvalue weighted by molar-refractivity contribution is 5.83. The molecule has 27 heavy (non-hydrogen) atoms. The number of nitrogens with zero attached hydrogens (tertiary/aromatic N) is 3. The van der Waals surface area contributed by atoms with Gasteiger partial charge in [0.15, 0.2) is 0 Å². The van der Waals surface area contributed by atoms with Crippen LogP contribution in [-0.4, -0.2) is 72.3 Å². The molecule has 2 rings (SSSR count). The van der Waals surface area contributed by atoms with Gasteiger partial charge < -0.3 is 25.0 Å². The summed E-state index contributed by atoms with van der Waals surface area (Å²) in [4.78, 5) is 28.1. The first-order valence-electron chi connectivity index (χ1n) is 9.00. The van der Waals surface area contributed by atoms with Gasteiger partial charge in [0.2, 0.25) is 5.91 Å². The van der Waals surface area contributed by atoms with Crippen molar-refractivity contribution >= 4 is 12.0 Å². The number of ether oxygens (including phenoxy) is 1. The molecular weight excluding hydrogens is 348 g/mol. The predicted octanol–water partition coefficient (Wildman–Crippen LogP) is 0.720. The van der Waals surface area contributed by atoms with Crippen LogP contribution in [0.5, 0.6) is 0 Å². The maximum Gasteiger partial charge on any atom is 0.410 e. The molecule has 1 aromatic carbocycles. The van der Waals surface area contributed by atoms with Gasteiger partial charge in [0, 0.05) is 33.3 Å². The van der Waals surface area contributed by atoms with Gasteiger partial charge in [-0.05, 0) is 12.0 Å². The van der Waals surface area contributed by atoms with E-state index in [-0.39, 0.29) is 38.1 Å². The molecule has 8 nitrogen and oxygen atoms in total. The average Bonchev–Trinajstić information content (AvgIpc) is 2.71. The SMILES string of the molecule is CN(CCCO)C(=O)C1CN(C(=O)OCc2ccccc2)C(CC#N)CN1. The number of aliphatic hydroxyl groups is 1. The zero-order valence-electron chi connectivity index (χ0n) is 15.5. The summed E-state index contributed by atoms with van der Waals surface area (Å²) in [6.07, 6.45) is 0.125. The van der Waals surface area contributed by atoms with Crippen LogP contribution in [-0.2, 0) is 16.1 Å². The molecular formula is C19H26N4O4. The minimum absolute atomic E-state index is 0.0118. The number of aliphatic hydroxyl groups excluding tert-OH is 1. The molecule has 0 bridgehead atoms. The zero-order chi connectivity index (χ0) is 19.6. The number of hydrogen-bond acceptors (Lipinski definition) is 6. The van der Waals surface area contributed by atoms with E-state index in [1.807, 2.05) is 30.3 Å². The van der Waals surface area contributed by atoms with Crippen LogP contribution in [0.15, 0.2) is 30.3 Å². The summed E-state index contributed by atoms with van der Waals surface area (Å²) in [6.45, 7) is 1.07. The Morgan fingerprint density at radius 2 is 2.15 bits per heavy atom. The molecule has 1 aromatic rings. The van der Waals surface area contributed by atoms with Crippen LogP contribution in [0.25, 0.3) is 0 Å². The molecule has 2 atom stereocenters. The molecule has 0 saturated carbocycles. The number of hydrogen-bond donors (Lipinski definition) is 2. The molecule has 1 heterocycles. The number of carbonyl (C=O) groups is 2. The van der Waals surface area contributed by atoms with Crippen molar-refractivity contribution < 1.29 is 19.4 Å². The first-order chi connectivity index (χ1) is 13.1. The second kappa shape index (κ2) is 10.5. The summed E-state index contributed by atoms with van der Waals surface area (Å²) >= 11 is 0. The van der Waals surface area contributed by atoms with Gasteiger partial charge in [-0.25, -0.2) is 4.79 Å². The third kappa shape index (κ3) is 5.94. The summed E-state index contributed by atoms with van der Waals surface area (Å²) in [5, 5.41) is 21.1. The Morgan fingerprint density at radius 1 is 1.41 bits per heavy atom. The van der Waals surface area contributed by atoms with Crippen LogP contribution in [0.4, 0.5) is 4.79 Å². The summed E-state index contributed by atoms with van der Waals surface area (Å²) in [7, 11) is 1.67. The molecule has 1 fully saturated rings. The highest BCUT2D eigenvalue weighted by Gasteiger charge is 2.36. The van der Waals surface area contributed by atoms with Gasteiger partial charge in [0.05, 0.1) is 18.5 Å². The number of likely N-dealkylation sites (N-methyl/N-ethyl adjacent to an activating group) is 1. The normalized spacial score (nSPS) is 19.2. The molecule has 2 unspecified atom stereocenters. The van der Waals surface area contributed by atoms with Crippen molar-refractivity contribution in [3.8, 4) is 6.07 Å². The predicted molar refractivity (Wildman–Crippen MR) is 98.5 cm³/mol. The van der Waals surface area contributed by atoms with E-state index < -0.39 is 12.1 Å². The molecule has 2 amide bonds. The third-order valence-electron chi connectivity index (χ3n) is 4.51. The number of rotatable bonds is 7. The van der Waals surface area contributed by atoms with Crippen molar-refractivity contribution in [3.63, 3.8) is 0 Å². The van der Waals surface area contributed by atoms with Crippen molar-refractivity contribution in [3.05, 3.63) is 35.9 Å². The van der Waals surface area contributed by atoms with Gasteiger partial charge in [-0.2, -0.15) is 5.26 Å². The highest BCUT2D eigenvalue weighted by atomic mass is 16.6. The van der Waals surface area contributed by atoms with Crippen LogP contribution in [0.2, 0.25) is 0 Å². The monoisotopic (exact) mass is 374 g/mol. The first kappa shape index (κ1) is 20.7. The van der Waals surface area contributed by atoms with Crippen LogP contribution >= 0.6 is 0 Å². The van der Waals surface area contributed by atoms with E-state index in [4.69, 9.17) is 15.1 Å². The molecule has 146 valence electrons. The van der Waals surface area contributed by atoms with Gasteiger partial charge in [-0.1, -0.05) is 30.3 Å². The van der Waals surface area contributed by atoms with E-state index in [0.717, 1.165) is 5.56 Å². The number of amides is 2. The van der Waals surface area contributed by atoms with E-state index in [0.29, 0.717) is 19.5 Å². The Bertz CT molecular complexity index is 661. The van der Waals surface area contributed by atoms with E-state index in [2.05, 4.69) is 11.4 Å². The Hall–Kier alpha value is -2.63. The van der Waals surface area contributed by atoms with Gasteiger partial charge in [-0.15, -0.1) is 0 Å². The molecule has 2 N–H and O–H groups in total. The lowest BCUT2D eigenvalue weighted by Crippen LogP contribution is -2.62. The Balaban J connectivity index is 1.99. The zero-order valence-corrected chi connectivity index (χ0v) is 15.5. The maximum absolute atomic E-state index is 12.6. The van der Waals surface area contributed by atoms with E-state index >= 15 is 0 Å². The van der Waals surface area contributed by atoms with Crippen LogP contribution < -0.4 is 5.32 Å². The fraction of sp³-hybridized carbons (Fsp3) is 0.526. The highest BCUT2D eigenvalue weighted by Crippen LogP contribution is 2.14. The number of carbonyl (C=O) groups excluding carboxylic acids is 2. The lowest BCUT2D eigenvalue weighted by Gasteiger charge is -2.39. The lowest BCUT2D eigenvalue weighted by molar-refractivity contribution is -0.133. The van der Waals surface area contributed by atoms with Crippen LogP contribution in [0, 0.1) is 11.3 Å². The third-order valence-corrected chi connectivity index (χ3v) is 4.51. The molecule has 1 aliphatic rings. The topological polar surface area (TPSA) is 106 Å². The second-order valence-electron chi connectivity index (χ2n) is 6.51. The van der Waals surface area contributed by atoms with E-state index in [9.17, 15) is 9.59 Å². The first-order valence-corrected chi connectivity index (χ1v) is 9.00. The minimum atomic E-state index is -0.562. The quantitative estimate of drug-likeness (QED) is 0.728. The summed E-state index contributed by atoms with van der Waals surface area (Å²) in [5.74, 6) is -0.153. The Morgan fingerprint density at radius 3 is 2.81 bits per heavy atom. The summed E-state index contributed by atoms with van der Waals surface area (Å²) in [6, 6.07) is 10.5. The second-order valence-corrected chi connectivity index (χ2v) is 6.51. The van der Waals surface area contributed by atoms with Gasteiger partial charge in [0.1, 0.15) is 12.6 Å². The number of nitrogens with one attached hydrogen (secondary N) is 1. The van der Waals surface area contributed by atoms with Gasteiger partial charge in [-0.3, -0.25) is 4.79 Å². The molecule has 0 aromatic heterocycles. The van der Waals surface area contributed by atoms with Crippen molar-refractivity contribution in [1.29, 1.82) is 5.26 Å². The largest absolute Gasteiger partial charge is 0.445 e. The smallest absolute Gasteiger partial charge is 0.410 e. The van der Waals surface area contributed by atoms with Crippen molar-refractivity contribution in [2.24, 2.45) is 0 Å². The molecule has 0 aliphatic carbocycles. The molecule has 8 heteroatoms. The van der Waals surface area contributed by atoms with Crippen molar-refractivity contribution in [2.45, 2.75) is 31.5 Å². The number of benzene rings is 1. The maximum atomic E-state index is 12.6. The lowest BCUT2D eigenvalue weighted by atomic mass is 10.1. The summed E-state index contributed by atoms with van der Waals surface area (Å²) < 4.78 is 5.39. The van der Waals surface area contributed by atoms with Crippen LogP contribution in [0.3, 0.4) is 0 Å². The van der Waals surface area contributed by atoms with Crippen molar-refractivity contribution in [2.75, 3.05) is 33.3 Å². The van der Waals surface area contributed by atoms with E-state index in [1.165, 1.54) is 9.80 Å². The standard InChI is InChI=1S/C19H26N4O4/c1-22(10-5-11-24)18(25)17-13-23(16(8-9-20)12-21-17)19(26)27-14-15-6-3-2-4-7-15/h2-4,6-7,16-17,21,24H,5,8,10-14H2,1H3. The molecule has 1 saturated heterocycles.